The molecule has 0 saturated carbocycles. The van der Waals surface area contributed by atoms with Gasteiger partial charge < -0.3 is 9.84 Å². The molecule has 0 radical (unpaired) electrons. The van der Waals surface area contributed by atoms with Crippen molar-refractivity contribution in [3.05, 3.63) is 54.2 Å². The molecule has 1 aliphatic heterocycles. The maximum atomic E-state index is 12.8. The first-order chi connectivity index (χ1) is 12.1. The van der Waals surface area contributed by atoms with E-state index in [4.69, 9.17) is 4.52 Å². The van der Waals surface area contributed by atoms with Crippen molar-refractivity contribution in [3.8, 4) is 0 Å². The van der Waals surface area contributed by atoms with Crippen LogP contribution in [0.15, 0.2) is 47.4 Å². The average molecular weight is 337 g/mol. The Labute approximate surface area is 142 Å². The molecule has 1 atom stereocenters. The topological polar surface area (TPSA) is 101 Å². The van der Waals surface area contributed by atoms with Crippen molar-refractivity contribution < 1.29 is 14.1 Å². The number of para-hydroxylation sites is 1. The molecule has 25 heavy (non-hydrogen) atoms. The molecule has 3 amide bonds. The van der Waals surface area contributed by atoms with E-state index >= 15 is 0 Å². The summed E-state index contributed by atoms with van der Waals surface area (Å²) in [5, 5.41) is 7.62. The monoisotopic (exact) mass is 337 g/mol. The van der Waals surface area contributed by atoms with Crippen LogP contribution in [0.2, 0.25) is 0 Å². The minimum atomic E-state index is -1.21. The van der Waals surface area contributed by atoms with Gasteiger partial charge in [-0.3, -0.25) is 19.7 Å². The highest BCUT2D eigenvalue weighted by Gasteiger charge is 2.50. The van der Waals surface area contributed by atoms with Crippen molar-refractivity contribution in [3.63, 3.8) is 0 Å². The highest BCUT2D eigenvalue weighted by molar-refractivity contribution is 6.07. The van der Waals surface area contributed by atoms with E-state index in [2.05, 4.69) is 20.4 Å². The van der Waals surface area contributed by atoms with Crippen LogP contribution in [0.3, 0.4) is 0 Å². The van der Waals surface area contributed by atoms with Crippen molar-refractivity contribution in [1.29, 1.82) is 0 Å². The summed E-state index contributed by atoms with van der Waals surface area (Å²) in [7, 11) is 0. The van der Waals surface area contributed by atoms with Crippen molar-refractivity contribution in [2.75, 3.05) is 6.54 Å². The van der Waals surface area contributed by atoms with Crippen LogP contribution in [-0.4, -0.2) is 38.5 Å². The first kappa shape index (κ1) is 15.3. The number of rotatable bonds is 4. The number of imide groups is 1. The van der Waals surface area contributed by atoms with Crippen molar-refractivity contribution >= 4 is 22.9 Å². The summed E-state index contributed by atoms with van der Waals surface area (Å²) in [6.07, 6.45) is 4.89. The van der Waals surface area contributed by atoms with E-state index in [1.165, 1.54) is 23.5 Å². The zero-order valence-corrected chi connectivity index (χ0v) is 13.5. The predicted octanol–water partition coefficient (Wildman–Crippen LogP) is 1.63. The molecule has 1 fully saturated rings. The fourth-order valence-corrected chi connectivity index (χ4v) is 2.97. The second-order valence-corrected chi connectivity index (χ2v) is 5.98. The highest BCUT2D eigenvalue weighted by Crippen LogP contribution is 2.27. The first-order valence-corrected chi connectivity index (χ1v) is 7.83. The quantitative estimate of drug-likeness (QED) is 0.726. The number of benzene rings is 1. The van der Waals surface area contributed by atoms with E-state index in [-0.39, 0.29) is 12.5 Å². The molecule has 126 valence electrons. The Hall–Kier alpha value is -3.29. The van der Waals surface area contributed by atoms with Crippen LogP contribution in [0.1, 0.15) is 18.3 Å². The first-order valence-electron chi connectivity index (χ1n) is 7.83. The van der Waals surface area contributed by atoms with Crippen molar-refractivity contribution in [1.82, 2.24) is 25.3 Å². The van der Waals surface area contributed by atoms with Gasteiger partial charge in [-0.1, -0.05) is 17.3 Å². The Morgan fingerprint density at radius 1 is 1.24 bits per heavy atom. The number of urea groups is 1. The Kier molecular flexibility index (Phi) is 3.45. The molecule has 2 aromatic heterocycles. The number of carbonyl (C=O) groups is 2. The molecule has 3 aromatic rings. The second-order valence-electron chi connectivity index (χ2n) is 5.98. The van der Waals surface area contributed by atoms with Crippen LogP contribution in [0.25, 0.3) is 11.0 Å². The zero-order chi connectivity index (χ0) is 17.4. The molecule has 8 heteroatoms. The van der Waals surface area contributed by atoms with Crippen LogP contribution >= 0.6 is 0 Å². The fourth-order valence-electron chi connectivity index (χ4n) is 2.97. The van der Waals surface area contributed by atoms with Gasteiger partial charge in [0.15, 0.2) is 11.1 Å². The summed E-state index contributed by atoms with van der Waals surface area (Å²) in [6, 6.07) is 7.02. The van der Waals surface area contributed by atoms with E-state index in [9.17, 15) is 9.59 Å². The number of nitrogens with one attached hydrogen (secondary N) is 1. The Bertz CT molecular complexity index is 955. The van der Waals surface area contributed by atoms with Gasteiger partial charge in [-0.2, -0.15) is 0 Å². The number of amides is 3. The molecule has 1 aromatic carbocycles. The van der Waals surface area contributed by atoms with Crippen molar-refractivity contribution in [2.45, 2.75) is 18.9 Å². The summed E-state index contributed by atoms with van der Waals surface area (Å²) >= 11 is 0. The van der Waals surface area contributed by atoms with Gasteiger partial charge in [0.05, 0.1) is 17.6 Å². The number of aromatic nitrogens is 3. The standard InChI is InChI=1S/C17H15N5O3/c1-17(14-10-18-7-8-19-14)15(23)22(16(24)20-17)9-6-12-11-4-2-3-5-13(11)25-21-12/h2-5,7-8,10H,6,9H2,1H3,(H,20,24). The molecule has 0 aliphatic carbocycles. The van der Waals surface area contributed by atoms with E-state index in [0.717, 1.165) is 5.39 Å². The largest absolute Gasteiger partial charge is 0.356 e. The molecule has 1 aliphatic rings. The summed E-state index contributed by atoms with van der Waals surface area (Å²) < 4.78 is 5.26. The Morgan fingerprint density at radius 2 is 2.08 bits per heavy atom. The summed E-state index contributed by atoms with van der Waals surface area (Å²) in [4.78, 5) is 34.4. The number of hydrogen-bond donors (Lipinski definition) is 1. The predicted molar refractivity (Wildman–Crippen MR) is 87.3 cm³/mol. The van der Waals surface area contributed by atoms with E-state index < -0.39 is 11.6 Å². The van der Waals surface area contributed by atoms with Gasteiger partial charge in [0.25, 0.3) is 5.91 Å². The SMILES string of the molecule is CC1(c2cnccn2)NC(=O)N(CCc2noc3ccccc23)C1=O. The molecule has 1 unspecified atom stereocenters. The Balaban J connectivity index is 1.55. The highest BCUT2D eigenvalue weighted by atomic mass is 16.5. The lowest BCUT2D eigenvalue weighted by molar-refractivity contribution is -0.131. The van der Waals surface area contributed by atoms with Gasteiger partial charge in [0.1, 0.15) is 0 Å². The van der Waals surface area contributed by atoms with Crippen LogP contribution in [0, 0.1) is 0 Å². The van der Waals surface area contributed by atoms with E-state index in [1.54, 1.807) is 6.92 Å². The van der Waals surface area contributed by atoms with Gasteiger partial charge in [-0.05, 0) is 19.1 Å². The molecular weight excluding hydrogens is 322 g/mol. The van der Waals surface area contributed by atoms with Gasteiger partial charge >= 0.3 is 6.03 Å². The molecule has 3 heterocycles. The molecule has 8 nitrogen and oxygen atoms in total. The molecule has 4 rings (SSSR count). The normalized spacial score (nSPS) is 20.3. The van der Waals surface area contributed by atoms with Gasteiger partial charge in [0, 0.05) is 30.7 Å². The van der Waals surface area contributed by atoms with Crippen molar-refractivity contribution in [2.24, 2.45) is 0 Å². The maximum absolute atomic E-state index is 12.8. The van der Waals surface area contributed by atoms with E-state index in [0.29, 0.717) is 23.4 Å². The molecule has 1 saturated heterocycles. The number of carbonyl (C=O) groups excluding carboxylic acids is 2. The zero-order valence-electron chi connectivity index (χ0n) is 13.5. The molecule has 1 N–H and O–H groups in total. The average Bonchev–Trinajstić information content (AvgIpc) is 3.14. The third-order valence-electron chi connectivity index (χ3n) is 4.37. The number of fused-ring (bicyclic) bond motifs is 1. The van der Waals surface area contributed by atoms with Crippen LogP contribution in [-0.2, 0) is 16.8 Å². The minimum absolute atomic E-state index is 0.205. The lowest BCUT2D eigenvalue weighted by Crippen LogP contribution is -2.42. The Morgan fingerprint density at radius 3 is 2.88 bits per heavy atom. The lowest BCUT2D eigenvalue weighted by Gasteiger charge is -2.20. The lowest BCUT2D eigenvalue weighted by atomic mass is 9.98. The van der Waals surface area contributed by atoms with Crippen LogP contribution < -0.4 is 5.32 Å². The summed E-state index contributed by atoms with van der Waals surface area (Å²) in [5.74, 6) is -0.356. The third kappa shape index (κ3) is 2.42. The minimum Gasteiger partial charge on any atom is -0.356 e. The number of nitrogens with zero attached hydrogens (tertiary/aromatic N) is 4. The third-order valence-corrected chi connectivity index (χ3v) is 4.37. The fraction of sp³-hybridized carbons (Fsp3) is 0.235. The maximum Gasteiger partial charge on any atom is 0.325 e. The summed E-state index contributed by atoms with van der Waals surface area (Å²) in [5.41, 5.74) is 0.586. The van der Waals surface area contributed by atoms with Gasteiger partial charge in [0.2, 0.25) is 0 Å². The van der Waals surface area contributed by atoms with Crippen LogP contribution in [0.5, 0.6) is 0 Å². The molecule has 0 spiro atoms. The molecular formula is C17H15N5O3. The van der Waals surface area contributed by atoms with E-state index in [1.807, 2.05) is 24.3 Å². The smallest absolute Gasteiger partial charge is 0.325 e. The van der Waals surface area contributed by atoms with Crippen LogP contribution in [0.4, 0.5) is 4.79 Å². The number of hydrogen-bond acceptors (Lipinski definition) is 6. The molecule has 0 bridgehead atoms. The summed E-state index contributed by atoms with van der Waals surface area (Å²) in [6.45, 7) is 1.83. The van der Waals surface area contributed by atoms with Gasteiger partial charge in [-0.25, -0.2) is 4.79 Å². The van der Waals surface area contributed by atoms with Gasteiger partial charge in [-0.15, -0.1) is 0 Å². The second kappa shape index (κ2) is 5.66.